The third-order valence-electron chi connectivity index (χ3n) is 4.25. The second-order valence-electron chi connectivity index (χ2n) is 5.98. The van der Waals surface area contributed by atoms with E-state index in [0.717, 1.165) is 34.0 Å². The Morgan fingerprint density at radius 2 is 1.68 bits per heavy atom. The van der Waals surface area contributed by atoms with Gasteiger partial charge in [0.05, 0.1) is 18.2 Å². The first-order chi connectivity index (χ1) is 12.2. The Hall–Kier alpha value is -3.21. The monoisotopic (exact) mass is 331 g/mol. The van der Waals surface area contributed by atoms with E-state index >= 15 is 0 Å². The second-order valence-corrected chi connectivity index (χ2v) is 5.98. The molecule has 1 aliphatic rings. The zero-order valence-corrected chi connectivity index (χ0v) is 13.8. The summed E-state index contributed by atoms with van der Waals surface area (Å²) < 4.78 is 5.94. The number of aromatic nitrogens is 2. The van der Waals surface area contributed by atoms with Crippen molar-refractivity contribution in [3.05, 3.63) is 83.4 Å². The topological polar surface area (TPSA) is 64.1 Å². The first-order valence-corrected chi connectivity index (χ1v) is 8.13. The fourth-order valence-corrected chi connectivity index (χ4v) is 3.08. The van der Waals surface area contributed by atoms with E-state index in [1.807, 2.05) is 61.5 Å². The lowest BCUT2D eigenvalue weighted by Gasteiger charge is -2.27. The maximum atomic E-state index is 13.0. The van der Waals surface area contributed by atoms with Gasteiger partial charge in [-0.15, -0.1) is 0 Å². The summed E-state index contributed by atoms with van der Waals surface area (Å²) in [5.74, 6) is 0.974. The number of ether oxygens (including phenoxy) is 1. The molecule has 2 heterocycles. The molecule has 4 rings (SSSR count). The average molecular weight is 331 g/mol. The van der Waals surface area contributed by atoms with E-state index in [2.05, 4.69) is 15.3 Å². The number of para-hydroxylation sites is 2. The number of rotatable bonds is 3. The largest absolute Gasteiger partial charge is 0.457 e. The fraction of sp³-hybridized carbons (Fsp3) is 0.150. The van der Waals surface area contributed by atoms with Crippen molar-refractivity contribution in [3.8, 4) is 11.5 Å². The highest BCUT2D eigenvalue weighted by molar-refractivity contribution is 5.89. The van der Waals surface area contributed by atoms with Gasteiger partial charge in [-0.25, -0.2) is 9.97 Å². The number of amides is 1. The molecule has 0 saturated carbocycles. The molecule has 25 heavy (non-hydrogen) atoms. The van der Waals surface area contributed by atoms with Crippen molar-refractivity contribution in [2.75, 3.05) is 0 Å². The number of hydrogen-bond donors (Lipinski definition) is 1. The number of nitrogens with zero attached hydrogens (tertiary/aromatic N) is 2. The molecule has 1 aromatic heterocycles. The van der Waals surface area contributed by atoms with Gasteiger partial charge in [0.25, 0.3) is 0 Å². The third kappa shape index (κ3) is 2.96. The predicted octanol–water partition coefficient (Wildman–Crippen LogP) is 3.34. The minimum absolute atomic E-state index is 0.0699. The molecular weight excluding hydrogens is 314 g/mol. The van der Waals surface area contributed by atoms with Crippen LogP contribution in [-0.4, -0.2) is 15.9 Å². The van der Waals surface area contributed by atoms with Crippen LogP contribution in [0.4, 0.5) is 0 Å². The first-order valence-electron chi connectivity index (χ1n) is 8.13. The van der Waals surface area contributed by atoms with Gasteiger partial charge in [-0.2, -0.15) is 0 Å². The van der Waals surface area contributed by atoms with Crippen molar-refractivity contribution >= 4 is 5.91 Å². The smallest absolute Gasteiger partial charge is 0.232 e. The molecule has 2 aromatic carbocycles. The van der Waals surface area contributed by atoms with E-state index in [1.165, 1.54) is 6.33 Å². The van der Waals surface area contributed by atoms with Crippen LogP contribution in [0.3, 0.4) is 0 Å². The van der Waals surface area contributed by atoms with E-state index in [0.29, 0.717) is 6.54 Å². The van der Waals surface area contributed by atoms with E-state index < -0.39 is 5.92 Å². The van der Waals surface area contributed by atoms with Gasteiger partial charge in [-0.1, -0.05) is 36.4 Å². The van der Waals surface area contributed by atoms with Crippen molar-refractivity contribution < 1.29 is 9.53 Å². The lowest BCUT2D eigenvalue weighted by Crippen LogP contribution is -2.31. The molecule has 0 aliphatic carbocycles. The standard InChI is InChI=1S/C20H17N3O2/c1-13-10-14(23-12-22-13)11-21-20(24)19-15-6-2-4-8-17(15)25-18-9-5-3-7-16(18)19/h2-10,12,19H,11H2,1H3,(H,21,24). The van der Waals surface area contributed by atoms with Gasteiger partial charge < -0.3 is 10.1 Å². The zero-order chi connectivity index (χ0) is 17.2. The van der Waals surface area contributed by atoms with Crippen LogP contribution in [0.2, 0.25) is 0 Å². The summed E-state index contributed by atoms with van der Waals surface area (Å²) in [6.45, 7) is 2.27. The molecule has 0 unspecified atom stereocenters. The molecule has 0 fully saturated rings. The number of carbonyl (C=O) groups is 1. The first kappa shape index (κ1) is 15.3. The van der Waals surface area contributed by atoms with Crippen LogP contribution in [0.5, 0.6) is 11.5 Å². The number of hydrogen-bond acceptors (Lipinski definition) is 4. The SMILES string of the molecule is Cc1cc(CNC(=O)C2c3ccccc3Oc3ccccc32)ncn1. The third-order valence-corrected chi connectivity index (χ3v) is 4.25. The molecule has 0 spiro atoms. The van der Waals surface area contributed by atoms with Crippen LogP contribution in [0, 0.1) is 6.92 Å². The van der Waals surface area contributed by atoms with Crippen LogP contribution < -0.4 is 10.1 Å². The highest BCUT2D eigenvalue weighted by Gasteiger charge is 2.32. The Morgan fingerprint density at radius 1 is 1.04 bits per heavy atom. The second kappa shape index (κ2) is 6.36. The van der Waals surface area contributed by atoms with Crippen molar-refractivity contribution in [1.29, 1.82) is 0 Å². The van der Waals surface area contributed by atoms with E-state index in [-0.39, 0.29) is 5.91 Å². The lowest BCUT2D eigenvalue weighted by atomic mass is 9.87. The molecule has 1 aliphatic heterocycles. The van der Waals surface area contributed by atoms with Gasteiger partial charge in [0.2, 0.25) is 5.91 Å². The van der Waals surface area contributed by atoms with Gasteiger partial charge in [0.1, 0.15) is 17.8 Å². The van der Waals surface area contributed by atoms with Gasteiger partial charge >= 0.3 is 0 Å². The molecule has 0 atom stereocenters. The Kier molecular flexibility index (Phi) is 3.90. The van der Waals surface area contributed by atoms with Gasteiger partial charge in [-0.05, 0) is 25.1 Å². The summed E-state index contributed by atoms with van der Waals surface area (Å²) >= 11 is 0. The maximum absolute atomic E-state index is 13.0. The van der Waals surface area contributed by atoms with Crippen LogP contribution in [0.25, 0.3) is 0 Å². The van der Waals surface area contributed by atoms with Crippen molar-refractivity contribution in [3.63, 3.8) is 0 Å². The average Bonchev–Trinajstić information content (AvgIpc) is 2.64. The minimum Gasteiger partial charge on any atom is -0.457 e. The van der Waals surface area contributed by atoms with Crippen molar-refractivity contribution in [1.82, 2.24) is 15.3 Å². The molecular formula is C20H17N3O2. The molecule has 1 N–H and O–H groups in total. The Bertz CT molecular complexity index is 894. The van der Waals surface area contributed by atoms with Gasteiger partial charge in [-0.3, -0.25) is 4.79 Å². The number of carbonyl (C=O) groups excluding carboxylic acids is 1. The highest BCUT2D eigenvalue weighted by Crippen LogP contribution is 2.43. The predicted molar refractivity (Wildman–Crippen MR) is 93.4 cm³/mol. The fourth-order valence-electron chi connectivity index (χ4n) is 3.08. The van der Waals surface area contributed by atoms with Crippen molar-refractivity contribution in [2.24, 2.45) is 0 Å². The summed E-state index contributed by atoms with van der Waals surface area (Å²) in [6.07, 6.45) is 1.51. The Balaban J connectivity index is 1.64. The van der Waals surface area contributed by atoms with Crippen LogP contribution in [0.1, 0.15) is 28.4 Å². The van der Waals surface area contributed by atoms with E-state index in [1.54, 1.807) is 0 Å². The molecule has 3 aromatic rings. The van der Waals surface area contributed by atoms with Crippen molar-refractivity contribution in [2.45, 2.75) is 19.4 Å². The molecule has 0 radical (unpaired) electrons. The summed E-state index contributed by atoms with van der Waals surface area (Å²) in [5.41, 5.74) is 3.41. The number of nitrogens with one attached hydrogen (secondary N) is 1. The minimum atomic E-state index is -0.399. The summed E-state index contributed by atoms with van der Waals surface area (Å²) in [7, 11) is 0. The quantitative estimate of drug-likeness (QED) is 0.799. The number of benzene rings is 2. The Labute approximate surface area is 145 Å². The maximum Gasteiger partial charge on any atom is 0.232 e. The normalized spacial score (nSPS) is 12.7. The molecule has 5 heteroatoms. The van der Waals surface area contributed by atoms with Crippen LogP contribution in [-0.2, 0) is 11.3 Å². The van der Waals surface area contributed by atoms with Gasteiger partial charge in [0.15, 0.2) is 0 Å². The lowest BCUT2D eigenvalue weighted by molar-refractivity contribution is -0.122. The molecule has 0 saturated heterocycles. The van der Waals surface area contributed by atoms with Crippen LogP contribution in [0.15, 0.2) is 60.9 Å². The number of fused-ring (bicyclic) bond motifs is 2. The molecule has 1 amide bonds. The Morgan fingerprint density at radius 3 is 2.32 bits per heavy atom. The van der Waals surface area contributed by atoms with Gasteiger partial charge in [0, 0.05) is 16.8 Å². The zero-order valence-electron chi connectivity index (χ0n) is 13.8. The molecule has 124 valence electrons. The van der Waals surface area contributed by atoms with E-state index in [9.17, 15) is 4.79 Å². The summed E-state index contributed by atoms with van der Waals surface area (Å²) in [6, 6.07) is 17.2. The highest BCUT2D eigenvalue weighted by atomic mass is 16.5. The van der Waals surface area contributed by atoms with Crippen LogP contribution >= 0.6 is 0 Å². The summed E-state index contributed by atoms with van der Waals surface area (Å²) in [5, 5.41) is 2.99. The van der Waals surface area contributed by atoms with E-state index in [4.69, 9.17) is 4.74 Å². The number of aryl methyl sites for hydroxylation is 1. The summed E-state index contributed by atoms with van der Waals surface area (Å²) in [4.78, 5) is 21.2. The molecule has 0 bridgehead atoms. The molecule has 5 nitrogen and oxygen atoms in total.